The molecule has 2 aromatic carbocycles. The molecule has 1 aliphatic rings. The first-order valence-corrected chi connectivity index (χ1v) is 10.7. The van der Waals surface area contributed by atoms with Crippen molar-refractivity contribution < 1.29 is 22.8 Å². The monoisotopic (exact) mass is 468 g/mol. The van der Waals surface area contributed by atoms with Gasteiger partial charge in [-0.25, -0.2) is 0 Å². The van der Waals surface area contributed by atoms with Crippen molar-refractivity contribution in [3.05, 3.63) is 88.7 Å². The molecule has 0 unspecified atom stereocenters. The zero-order valence-corrected chi connectivity index (χ0v) is 18.4. The maximum atomic E-state index is 13.0. The Labute approximate surface area is 194 Å². The first-order chi connectivity index (χ1) is 16.1. The van der Waals surface area contributed by atoms with E-state index in [2.05, 4.69) is 15.2 Å². The molecule has 2 amide bonds. The second-order valence-electron chi connectivity index (χ2n) is 8.33. The number of hydrogen-bond donors (Lipinski definition) is 2. The smallest absolute Gasteiger partial charge is 0.370 e. The molecule has 1 aromatic heterocycles. The van der Waals surface area contributed by atoms with Gasteiger partial charge in [-0.3, -0.25) is 14.6 Å². The van der Waals surface area contributed by atoms with Crippen LogP contribution in [0.15, 0.2) is 60.9 Å². The second-order valence-corrected chi connectivity index (χ2v) is 8.33. The van der Waals surface area contributed by atoms with Crippen LogP contribution in [0.4, 0.5) is 24.5 Å². The zero-order valence-electron chi connectivity index (χ0n) is 18.4. The molecule has 3 aromatic rings. The van der Waals surface area contributed by atoms with Crippen LogP contribution in [-0.4, -0.2) is 29.9 Å². The molecule has 0 radical (unpaired) electrons. The third-order valence-electron chi connectivity index (χ3n) is 5.99. The summed E-state index contributed by atoms with van der Waals surface area (Å²) in [7, 11) is 0. The fraction of sp³-hybridized carbons (Fsp3) is 0.240. The number of carbonyl (C=O) groups is 2. The van der Waals surface area contributed by atoms with Crippen LogP contribution in [0.2, 0.25) is 0 Å². The van der Waals surface area contributed by atoms with Gasteiger partial charge in [-0.1, -0.05) is 12.1 Å². The van der Waals surface area contributed by atoms with Gasteiger partial charge < -0.3 is 16.0 Å². The number of halogens is 3. The Balaban J connectivity index is 1.51. The highest BCUT2D eigenvalue weighted by Gasteiger charge is 2.30. The van der Waals surface area contributed by atoms with Crippen molar-refractivity contribution in [2.24, 2.45) is 5.73 Å². The third-order valence-corrected chi connectivity index (χ3v) is 5.99. The van der Waals surface area contributed by atoms with E-state index in [1.807, 2.05) is 13.0 Å². The lowest BCUT2D eigenvalue weighted by Crippen LogP contribution is -2.21. The van der Waals surface area contributed by atoms with E-state index in [-0.39, 0.29) is 11.6 Å². The van der Waals surface area contributed by atoms with Crippen LogP contribution in [0.1, 0.15) is 49.7 Å². The van der Waals surface area contributed by atoms with Crippen LogP contribution >= 0.6 is 0 Å². The summed E-state index contributed by atoms with van der Waals surface area (Å²) < 4.78 is 38.9. The van der Waals surface area contributed by atoms with Crippen LogP contribution in [-0.2, 0) is 6.18 Å². The van der Waals surface area contributed by atoms with Gasteiger partial charge in [0.15, 0.2) is 0 Å². The minimum Gasteiger partial charge on any atom is -0.370 e. The lowest BCUT2D eigenvalue weighted by Gasteiger charge is -2.20. The topological polar surface area (TPSA) is 88.3 Å². The van der Waals surface area contributed by atoms with E-state index in [0.717, 1.165) is 41.9 Å². The van der Waals surface area contributed by atoms with Crippen LogP contribution in [0, 0.1) is 6.92 Å². The molecule has 0 bridgehead atoms. The van der Waals surface area contributed by atoms with Crippen molar-refractivity contribution in [1.29, 1.82) is 0 Å². The molecule has 34 heavy (non-hydrogen) atoms. The van der Waals surface area contributed by atoms with Gasteiger partial charge >= 0.3 is 6.18 Å². The van der Waals surface area contributed by atoms with E-state index < -0.39 is 23.6 Å². The Bertz CT molecular complexity index is 1240. The summed E-state index contributed by atoms with van der Waals surface area (Å²) in [6, 6.07) is 11.6. The summed E-state index contributed by atoms with van der Waals surface area (Å²) in [5.74, 6) is -0.882. The van der Waals surface area contributed by atoms with Crippen LogP contribution < -0.4 is 16.0 Å². The fourth-order valence-corrected chi connectivity index (χ4v) is 4.18. The Morgan fingerprint density at radius 3 is 2.62 bits per heavy atom. The molecule has 1 aliphatic heterocycles. The number of nitrogens with one attached hydrogen (secondary N) is 1. The number of rotatable bonds is 5. The average Bonchev–Trinajstić information content (AvgIpc) is 3.29. The number of nitrogens with two attached hydrogens (primary N) is 1. The number of benzene rings is 2. The van der Waals surface area contributed by atoms with Gasteiger partial charge in [0.2, 0.25) is 5.91 Å². The highest BCUT2D eigenvalue weighted by molar-refractivity contribution is 6.04. The zero-order chi connectivity index (χ0) is 24.5. The number of amides is 2. The summed E-state index contributed by atoms with van der Waals surface area (Å²) in [4.78, 5) is 30.5. The summed E-state index contributed by atoms with van der Waals surface area (Å²) in [6.07, 6.45) is -0.546. The Kier molecular flexibility index (Phi) is 6.28. The van der Waals surface area contributed by atoms with Crippen LogP contribution in [0.5, 0.6) is 0 Å². The Morgan fingerprint density at radius 1 is 1.09 bits per heavy atom. The van der Waals surface area contributed by atoms with Gasteiger partial charge in [0.25, 0.3) is 5.91 Å². The molecule has 1 fully saturated rings. The first-order valence-electron chi connectivity index (χ1n) is 10.7. The molecule has 4 rings (SSSR count). The van der Waals surface area contributed by atoms with Gasteiger partial charge in [-0.05, 0) is 60.9 Å². The lowest BCUT2D eigenvalue weighted by molar-refractivity contribution is -0.137. The highest BCUT2D eigenvalue weighted by atomic mass is 19.4. The lowest BCUT2D eigenvalue weighted by atomic mass is 9.92. The predicted octanol–water partition coefficient (Wildman–Crippen LogP) is 4.75. The molecule has 176 valence electrons. The van der Waals surface area contributed by atoms with Gasteiger partial charge in [-0.15, -0.1) is 0 Å². The molecule has 0 aliphatic carbocycles. The molecule has 6 nitrogen and oxygen atoms in total. The minimum atomic E-state index is -4.49. The molecule has 9 heteroatoms. The van der Waals surface area contributed by atoms with Gasteiger partial charge in [0, 0.05) is 36.5 Å². The number of hydrogen-bond acceptors (Lipinski definition) is 4. The number of primary amides is 1. The quantitative estimate of drug-likeness (QED) is 0.566. The number of pyridine rings is 1. The predicted molar refractivity (Wildman–Crippen MR) is 123 cm³/mol. The number of anilines is 2. The first kappa shape index (κ1) is 23.3. The molecular weight excluding hydrogens is 445 g/mol. The molecule has 1 saturated heterocycles. The van der Waals surface area contributed by atoms with Crippen molar-refractivity contribution in [2.75, 3.05) is 23.3 Å². The van der Waals surface area contributed by atoms with Crippen molar-refractivity contribution >= 4 is 23.2 Å². The average molecular weight is 468 g/mol. The number of aromatic nitrogens is 1. The number of aryl methyl sites for hydroxylation is 1. The molecule has 0 saturated carbocycles. The minimum absolute atomic E-state index is 0.0795. The summed E-state index contributed by atoms with van der Waals surface area (Å²) in [6.45, 7) is 3.37. The summed E-state index contributed by atoms with van der Waals surface area (Å²) in [5, 5.41) is 2.56. The van der Waals surface area contributed by atoms with E-state index in [1.165, 1.54) is 18.3 Å². The SMILES string of the molecule is Cc1ccc(C(=O)Nc2cccc(C(F)(F)F)c2)cc1[C@H]1CCN(c2cncc(C(N)=O)c2)C1. The normalized spacial score (nSPS) is 15.9. The van der Waals surface area contributed by atoms with Crippen molar-refractivity contribution in [3.63, 3.8) is 0 Å². The number of nitrogens with zero attached hydrogens (tertiary/aromatic N) is 2. The van der Waals surface area contributed by atoms with E-state index in [9.17, 15) is 22.8 Å². The van der Waals surface area contributed by atoms with Gasteiger partial charge in [-0.2, -0.15) is 13.2 Å². The van der Waals surface area contributed by atoms with Gasteiger partial charge in [0.05, 0.1) is 23.0 Å². The molecule has 0 spiro atoms. The second kappa shape index (κ2) is 9.17. The maximum Gasteiger partial charge on any atom is 0.416 e. The Hall–Kier alpha value is -3.88. The standard InChI is InChI=1S/C25H23F3N4O2/c1-15-5-6-16(24(34)31-20-4-2-3-19(11-20)25(26,27)28)10-22(15)17-7-8-32(14-17)21-9-18(23(29)33)12-30-13-21/h2-6,9-13,17H,7-8,14H2,1H3,(H2,29,33)(H,31,34)/t17-/m0/s1. The van der Waals surface area contributed by atoms with E-state index >= 15 is 0 Å². The van der Waals surface area contributed by atoms with Crippen LogP contribution in [0.3, 0.4) is 0 Å². The van der Waals surface area contributed by atoms with E-state index in [1.54, 1.807) is 24.4 Å². The number of carbonyl (C=O) groups excluding carboxylic acids is 2. The largest absolute Gasteiger partial charge is 0.416 e. The summed E-state index contributed by atoms with van der Waals surface area (Å²) >= 11 is 0. The van der Waals surface area contributed by atoms with Gasteiger partial charge in [0.1, 0.15) is 0 Å². The van der Waals surface area contributed by atoms with Crippen molar-refractivity contribution in [2.45, 2.75) is 25.4 Å². The van der Waals surface area contributed by atoms with Crippen molar-refractivity contribution in [3.8, 4) is 0 Å². The molecule has 2 heterocycles. The molecule has 3 N–H and O–H groups in total. The van der Waals surface area contributed by atoms with E-state index in [4.69, 9.17) is 5.73 Å². The maximum absolute atomic E-state index is 13.0. The van der Waals surface area contributed by atoms with Crippen molar-refractivity contribution in [1.82, 2.24) is 4.98 Å². The van der Waals surface area contributed by atoms with E-state index in [0.29, 0.717) is 17.7 Å². The third kappa shape index (κ3) is 5.03. The summed E-state index contributed by atoms with van der Waals surface area (Å²) in [5.41, 5.74) is 8.14. The number of alkyl halides is 3. The molecule has 1 atom stereocenters. The molecular formula is C25H23F3N4O2. The van der Waals surface area contributed by atoms with Crippen LogP contribution in [0.25, 0.3) is 0 Å². The highest BCUT2D eigenvalue weighted by Crippen LogP contribution is 2.34. The Morgan fingerprint density at radius 2 is 1.88 bits per heavy atom. The fourth-order valence-electron chi connectivity index (χ4n) is 4.18.